The lowest BCUT2D eigenvalue weighted by Gasteiger charge is -2.15. The van der Waals surface area contributed by atoms with Crippen LogP contribution in [0.5, 0.6) is 0 Å². The normalized spacial score (nSPS) is 14.1. The minimum atomic E-state index is -5.14. The third-order valence-electron chi connectivity index (χ3n) is 2.22. The fourth-order valence-corrected chi connectivity index (χ4v) is 1.24. The highest BCUT2D eigenvalue weighted by atomic mass is 19.4. The van der Waals surface area contributed by atoms with Gasteiger partial charge in [0.2, 0.25) is 0 Å². The summed E-state index contributed by atoms with van der Waals surface area (Å²) in [5.41, 5.74) is -0.906. The van der Waals surface area contributed by atoms with Crippen LogP contribution in [0.2, 0.25) is 0 Å². The van der Waals surface area contributed by atoms with E-state index in [2.05, 4.69) is 4.74 Å². The molecular formula is C11H8F6O2. The number of ether oxygens (including phenoxy) is 1. The van der Waals surface area contributed by atoms with E-state index < -0.39 is 30.0 Å². The highest BCUT2D eigenvalue weighted by molar-refractivity contribution is 5.75. The van der Waals surface area contributed by atoms with E-state index in [9.17, 15) is 31.1 Å². The molecule has 0 saturated carbocycles. The van der Waals surface area contributed by atoms with Gasteiger partial charge in [-0.15, -0.1) is 0 Å². The number of alkyl halides is 6. The average Bonchev–Trinajstić information content (AvgIpc) is 2.26. The average molecular weight is 286 g/mol. The Morgan fingerprint density at radius 3 is 1.89 bits per heavy atom. The molecule has 0 aliphatic heterocycles. The van der Waals surface area contributed by atoms with E-state index in [0.717, 1.165) is 19.1 Å². The molecule has 1 aromatic rings. The van der Waals surface area contributed by atoms with Crippen LogP contribution < -0.4 is 0 Å². The Labute approximate surface area is 104 Å². The molecule has 0 fully saturated rings. The van der Waals surface area contributed by atoms with Crippen LogP contribution in [-0.2, 0) is 15.7 Å². The van der Waals surface area contributed by atoms with E-state index in [1.807, 2.05) is 0 Å². The van der Waals surface area contributed by atoms with E-state index in [4.69, 9.17) is 0 Å². The van der Waals surface area contributed by atoms with Crippen molar-refractivity contribution >= 4 is 5.97 Å². The molecule has 106 valence electrons. The topological polar surface area (TPSA) is 26.3 Å². The summed E-state index contributed by atoms with van der Waals surface area (Å²) < 4.78 is 76.6. The lowest BCUT2D eigenvalue weighted by Crippen LogP contribution is -2.26. The minimum absolute atomic E-state index is 0.0330. The molecule has 0 aliphatic carbocycles. The summed E-state index contributed by atoms with van der Waals surface area (Å²) in [5.74, 6) is -2.39. The van der Waals surface area contributed by atoms with Gasteiger partial charge in [0, 0.05) is 0 Å². The maximum Gasteiger partial charge on any atom is 0.490 e. The first-order valence-electron chi connectivity index (χ1n) is 4.97. The Kier molecular flexibility index (Phi) is 4.12. The van der Waals surface area contributed by atoms with Crippen LogP contribution in [0.15, 0.2) is 24.3 Å². The van der Waals surface area contributed by atoms with Gasteiger partial charge in [0.15, 0.2) is 0 Å². The maximum absolute atomic E-state index is 12.3. The third-order valence-corrected chi connectivity index (χ3v) is 2.22. The van der Waals surface area contributed by atoms with Gasteiger partial charge in [0.1, 0.15) is 6.10 Å². The van der Waals surface area contributed by atoms with Gasteiger partial charge in [-0.25, -0.2) is 4.79 Å². The number of carbonyl (C=O) groups excluding carboxylic acids is 1. The molecule has 19 heavy (non-hydrogen) atoms. The number of rotatable bonds is 2. The van der Waals surface area contributed by atoms with Crippen molar-refractivity contribution in [2.24, 2.45) is 0 Å². The lowest BCUT2D eigenvalue weighted by molar-refractivity contribution is -0.204. The highest BCUT2D eigenvalue weighted by Gasteiger charge is 2.42. The van der Waals surface area contributed by atoms with Gasteiger partial charge in [-0.3, -0.25) is 0 Å². The van der Waals surface area contributed by atoms with Crippen LogP contribution in [0.25, 0.3) is 0 Å². The van der Waals surface area contributed by atoms with Crippen molar-refractivity contribution in [2.75, 3.05) is 0 Å². The zero-order valence-electron chi connectivity index (χ0n) is 9.47. The quantitative estimate of drug-likeness (QED) is 0.609. The number of esters is 1. The van der Waals surface area contributed by atoms with Crippen molar-refractivity contribution in [1.82, 2.24) is 0 Å². The monoisotopic (exact) mass is 286 g/mol. The van der Waals surface area contributed by atoms with Gasteiger partial charge >= 0.3 is 18.3 Å². The molecule has 0 radical (unpaired) electrons. The summed E-state index contributed by atoms with van der Waals surface area (Å²) in [6.07, 6.45) is -11.0. The molecule has 0 saturated heterocycles. The van der Waals surface area contributed by atoms with Crippen molar-refractivity contribution in [2.45, 2.75) is 25.4 Å². The summed E-state index contributed by atoms with van der Waals surface area (Å²) >= 11 is 0. The Bertz CT molecular complexity index is 446. The van der Waals surface area contributed by atoms with Crippen LogP contribution in [0.3, 0.4) is 0 Å². The fourth-order valence-electron chi connectivity index (χ4n) is 1.24. The number of benzene rings is 1. The molecule has 8 heteroatoms. The number of halogens is 6. The molecule has 0 aromatic heterocycles. The molecule has 0 N–H and O–H groups in total. The number of carbonyl (C=O) groups is 1. The standard InChI is InChI=1S/C11H8F6O2/c1-6(19-9(18)11(15,16)17)7-2-4-8(5-3-7)10(12,13)14/h2-6H,1H3. The van der Waals surface area contributed by atoms with Gasteiger partial charge in [-0.1, -0.05) is 12.1 Å². The second-order valence-corrected chi connectivity index (χ2v) is 3.67. The predicted octanol–water partition coefficient (Wildman–Crippen LogP) is 3.87. The van der Waals surface area contributed by atoms with Crippen LogP contribution in [0.1, 0.15) is 24.2 Å². The Hall–Kier alpha value is -1.73. The summed E-state index contributed by atoms with van der Waals surface area (Å²) in [6.45, 7) is 1.13. The molecule has 1 unspecified atom stereocenters. The highest BCUT2D eigenvalue weighted by Crippen LogP contribution is 2.30. The van der Waals surface area contributed by atoms with Crippen molar-refractivity contribution < 1.29 is 35.9 Å². The molecule has 1 aromatic carbocycles. The van der Waals surface area contributed by atoms with Crippen molar-refractivity contribution in [3.8, 4) is 0 Å². The predicted molar refractivity (Wildman–Crippen MR) is 52.0 cm³/mol. The second-order valence-electron chi connectivity index (χ2n) is 3.67. The Balaban J connectivity index is 2.79. The molecule has 0 heterocycles. The van der Waals surface area contributed by atoms with Crippen LogP contribution in [0, 0.1) is 0 Å². The molecule has 0 spiro atoms. The van der Waals surface area contributed by atoms with Crippen molar-refractivity contribution in [1.29, 1.82) is 0 Å². The van der Waals surface area contributed by atoms with Gasteiger partial charge < -0.3 is 4.74 Å². The number of hydrogen-bond acceptors (Lipinski definition) is 2. The summed E-state index contributed by atoms with van der Waals surface area (Å²) in [5, 5.41) is 0. The molecular weight excluding hydrogens is 278 g/mol. The van der Waals surface area contributed by atoms with Gasteiger partial charge in [-0.05, 0) is 24.6 Å². The minimum Gasteiger partial charge on any atom is -0.451 e. The zero-order valence-corrected chi connectivity index (χ0v) is 9.47. The van der Waals surface area contributed by atoms with E-state index in [1.165, 1.54) is 0 Å². The van der Waals surface area contributed by atoms with Gasteiger partial charge in [0.25, 0.3) is 0 Å². The first-order valence-corrected chi connectivity index (χ1v) is 4.97. The largest absolute Gasteiger partial charge is 0.490 e. The summed E-state index contributed by atoms with van der Waals surface area (Å²) in [4.78, 5) is 10.5. The SMILES string of the molecule is CC(OC(=O)C(F)(F)F)c1ccc(C(F)(F)F)cc1. The summed E-state index contributed by atoms with van der Waals surface area (Å²) in [6, 6.07) is 3.31. The maximum atomic E-state index is 12.3. The lowest BCUT2D eigenvalue weighted by atomic mass is 10.1. The summed E-state index contributed by atoms with van der Waals surface area (Å²) in [7, 11) is 0. The zero-order chi connectivity index (χ0) is 14.8. The molecule has 2 nitrogen and oxygen atoms in total. The number of hydrogen-bond donors (Lipinski definition) is 0. The molecule has 0 aliphatic rings. The molecule has 1 atom stereocenters. The second kappa shape index (κ2) is 5.10. The van der Waals surface area contributed by atoms with Gasteiger partial charge in [0.05, 0.1) is 5.56 Å². The van der Waals surface area contributed by atoms with E-state index in [0.29, 0.717) is 12.1 Å². The van der Waals surface area contributed by atoms with Crippen LogP contribution in [0.4, 0.5) is 26.3 Å². The van der Waals surface area contributed by atoms with Crippen LogP contribution in [-0.4, -0.2) is 12.1 Å². The van der Waals surface area contributed by atoms with E-state index >= 15 is 0 Å². The molecule has 0 amide bonds. The van der Waals surface area contributed by atoms with E-state index in [1.54, 1.807) is 0 Å². The Morgan fingerprint density at radius 1 is 1.05 bits per heavy atom. The third kappa shape index (κ3) is 4.15. The Morgan fingerprint density at radius 2 is 1.53 bits per heavy atom. The molecule has 1 rings (SSSR count). The molecule has 0 bridgehead atoms. The smallest absolute Gasteiger partial charge is 0.451 e. The van der Waals surface area contributed by atoms with Gasteiger partial charge in [-0.2, -0.15) is 26.3 Å². The van der Waals surface area contributed by atoms with Crippen molar-refractivity contribution in [3.05, 3.63) is 35.4 Å². The first-order chi connectivity index (χ1) is 8.51. The fraction of sp³-hybridized carbons (Fsp3) is 0.364. The van der Waals surface area contributed by atoms with Crippen molar-refractivity contribution in [3.63, 3.8) is 0 Å². The van der Waals surface area contributed by atoms with E-state index in [-0.39, 0.29) is 5.56 Å². The van der Waals surface area contributed by atoms with Crippen LogP contribution >= 0.6 is 0 Å². The first kappa shape index (κ1) is 15.3.